The van der Waals surface area contributed by atoms with Crippen LogP contribution in [0.5, 0.6) is 0 Å². The average molecular weight is 864 g/mol. The number of hydrogen-bond acceptors (Lipinski definition) is 7. The first-order chi connectivity index (χ1) is 29.9. The number of aliphatic hydroxyl groups is 3. The zero-order chi connectivity index (χ0) is 44.8. The zero-order valence-electron chi connectivity index (χ0n) is 39.4. The maximum absolute atomic E-state index is 12.6. The minimum Gasteiger partial charge on any atom is -0.481 e. The summed E-state index contributed by atoms with van der Waals surface area (Å²) in [4.78, 5) is 26.3. The Morgan fingerprint density at radius 1 is 0.968 bits per heavy atom. The number of aliphatic carboxylic acids is 1. The Balaban J connectivity index is 0.848. The van der Waals surface area contributed by atoms with Crippen molar-refractivity contribution in [2.75, 3.05) is 25.1 Å². The normalized spacial score (nSPS) is 44.4. The van der Waals surface area contributed by atoms with E-state index in [9.17, 15) is 30.0 Å². The van der Waals surface area contributed by atoms with Crippen LogP contribution in [0, 0.1) is 81.3 Å². The number of ketones is 1. The van der Waals surface area contributed by atoms with Crippen LogP contribution in [0.1, 0.15) is 149 Å². The van der Waals surface area contributed by atoms with Crippen LogP contribution in [-0.4, -0.2) is 76.3 Å². The van der Waals surface area contributed by atoms with Gasteiger partial charge >= 0.3 is 5.97 Å². The Bertz CT molecular complexity index is 2060. The summed E-state index contributed by atoms with van der Waals surface area (Å²) in [5.41, 5.74) is 5.08. The van der Waals surface area contributed by atoms with E-state index in [1.54, 1.807) is 0 Å². The topological polar surface area (TPSA) is 128 Å². The van der Waals surface area contributed by atoms with E-state index < -0.39 is 17.7 Å². The molecule has 0 bridgehead atoms. The molecule has 0 aromatic heterocycles. The molecule has 0 amide bonds. The second kappa shape index (κ2) is 16.7. The minimum absolute atomic E-state index is 0.0626. The van der Waals surface area contributed by atoms with Crippen LogP contribution >= 0.6 is 0 Å². The molecule has 8 nitrogen and oxygen atoms in total. The van der Waals surface area contributed by atoms with Crippen molar-refractivity contribution >= 4 is 17.4 Å². The van der Waals surface area contributed by atoms with Gasteiger partial charge in [0, 0.05) is 43.5 Å². The summed E-state index contributed by atoms with van der Waals surface area (Å²) in [5, 5.41) is 45.7. The second-order valence-electron chi connectivity index (χ2n) is 23.1. The van der Waals surface area contributed by atoms with E-state index in [1.165, 1.54) is 22.3 Å². The van der Waals surface area contributed by atoms with E-state index >= 15 is 0 Å². The summed E-state index contributed by atoms with van der Waals surface area (Å²) in [6.45, 7) is 14.6. The number of carboxylic acid groups (broad SMARTS) is 1. The van der Waals surface area contributed by atoms with Gasteiger partial charge in [-0.3, -0.25) is 9.59 Å². The highest BCUT2D eigenvalue weighted by molar-refractivity contribution is 5.93. The van der Waals surface area contributed by atoms with Gasteiger partial charge in [0.2, 0.25) is 0 Å². The fourth-order valence-corrected chi connectivity index (χ4v) is 17.0. The van der Waals surface area contributed by atoms with E-state index in [0.717, 1.165) is 89.3 Å². The number of benzene rings is 1. The molecule has 1 aromatic carbocycles. The Labute approximate surface area is 377 Å². The van der Waals surface area contributed by atoms with Gasteiger partial charge in [0.1, 0.15) is 5.60 Å². The zero-order valence-corrected chi connectivity index (χ0v) is 39.4. The van der Waals surface area contributed by atoms with Gasteiger partial charge in [-0.1, -0.05) is 58.2 Å². The Hall–Kier alpha value is -2.96. The summed E-state index contributed by atoms with van der Waals surface area (Å²) in [6.07, 6.45) is 13.8. The molecule has 9 rings (SSSR count). The summed E-state index contributed by atoms with van der Waals surface area (Å²) in [5.74, 6) is 8.58. The Morgan fingerprint density at radius 2 is 1.73 bits per heavy atom. The van der Waals surface area contributed by atoms with Crippen LogP contribution in [0.4, 0.5) is 5.69 Å². The van der Waals surface area contributed by atoms with Gasteiger partial charge < -0.3 is 30.1 Å². The number of allylic oxidation sites excluding steroid dienone is 4. The SMILES string of the molecule is CC#C[C@@]1(O)[C@H](C)C[C@H]2[C@@H]3CCC4=CC(=O)CCC4=C3[C@@H](c3ccc(N(C)CCO[C@H]4CC[C@@]5(C)[C@@H](C4)C[C@@H](O)[C@@H]4[C@@H]5C[C@H](O)[C@]5(C)[C@@H]([C@H](C)CCC(=O)O)CC[C@@H]45)cc3)C[C@@]21C. The van der Waals surface area contributed by atoms with Crippen LogP contribution in [0.25, 0.3) is 0 Å². The number of carbonyl (C=O) groups is 2. The van der Waals surface area contributed by atoms with Gasteiger partial charge in [0.05, 0.1) is 24.9 Å². The summed E-state index contributed by atoms with van der Waals surface area (Å²) >= 11 is 0. The lowest BCUT2D eigenvalue weighted by molar-refractivity contribution is -0.209. The summed E-state index contributed by atoms with van der Waals surface area (Å²) in [6, 6.07) is 9.12. The van der Waals surface area contributed by atoms with E-state index in [-0.39, 0.29) is 82.1 Å². The van der Waals surface area contributed by atoms with Crippen molar-refractivity contribution in [3.8, 4) is 11.8 Å². The molecule has 8 aliphatic rings. The molecule has 344 valence electrons. The van der Waals surface area contributed by atoms with Gasteiger partial charge in [0.25, 0.3) is 0 Å². The van der Waals surface area contributed by atoms with Crippen molar-refractivity contribution in [2.45, 2.75) is 168 Å². The molecule has 0 heterocycles. The molecule has 1 aromatic rings. The van der Waals surface area contributed by atoms with Crippen molar-refractivity contribution in [1.29, 1.82) is 0 Å². The van der Waals surface area contributed by atoms with Crippen molar-refractivity contribution in [2.24, 2.45) is 69.5 Å². The van der Waals surface area contributed by atoms with Gasteiger partial charge in [-0.25, -0.2) is 0 Å². The van der Waals surface area contributed by atoms with Gasteiger partial charge in [0.15, 0.2) is 5.78 Å². The number of rotatable bonds is 10. The average Bonchev–Trinajstić information content (AvgIpc) is 3.71. The number of carboxylic acids is 1. The number of nitrogens with zero attached hydrogens (tertiary/aromatic N) is 1. The lowest BCUT2D eigenvalue weighted by Crippen LogP contribution is -2.62. The molecule has 0 aliphatic heterocycles. The first-order valence-corrected chi connectivity index (χ1v) is 25.1. The molecule has 0 saturated heterocycles. The number of carbonyl (C=O) groups excluding carboxylic acids is 1. The lowest BCUT2D eigenvalue weighted by Gasteiger charge is -2.63. The fraction of sp³-hybridized carbons (Fsp3) is 0.745. The van der Waals surface area contributed by atoms with Crippen molar-refractivity contribution in [1.82, 2.24) is 0 Å². The predicted octanol–water partition coefficient (Wildman–Crippen LogP) is 9.51. The number of likely N-dealkylation sites (N-methyl/N-ethyl adjacent to an activating group) is 1. The molecule has 0 unspecified atom stereocenters. The van der Waals surface area contributed by atoms with Crippen LogP contribution in [0.3, 0.4) is 0 Å². The maximum Gasteiger partial charge on any atom is 0.303 e. The summed E-state index contributed by atoms with van der Waals surface area (Å²) in [7, 11) is 2.14. The third-order valence-electron chi connectivity index (χ3n) is 20.5. The largest absolute Gasteiger partial charge is 0.481 e. The van der Waals surface area contributed by atoms with Crippen molar-refractivity contribution < 1.29 is 34.8 Å². The Kier molecular flexibility index (Phi) is 12.0. The van der Waals surface area contributed by atoms with Crippen molar-refractivity contribution in [3.05, 3.63) is 52.6 Å². The summed E-state index contributed by atoms with van der Waals surface area (Å²) < 4.78 is 6.68. The van der Waals surface area contributed by atoms with Crippen LogP contribution in [-0.2, 0) is 14.3 Å². The molecular weight excluding hydrogens is 787 g/mol. The van der Waals surface area contributed by atoms with Crippen LogP contribution < -0.4 is 4.90 Å². The van der Waals surface area contributed by atoms with Crippen molar-refractivity contribution in [3.63, 3.8) is 0 Å². The molecule has 17 atom stereocenters. The first-order valence-electron chi connectivity index (χ1n) is 25.1. The molecule has 8 aliphatic carbocycles. The molecule has 0 radical (unpaired) electrons. The first kappa shape index (κ1) is 45.2. The smallest absolute Gasteiger partial charge is 0.303 e. The highest BCUT2D eigenvalue weighted by Gasteiger charge is 2.67. The maximum atomic E-state index is 12.6. The standard InChI is InChI=1S/C55H77NO7/c1-8-22-55(62)33(3)26-45-41-16-12-35-27-38(57)15-17-40(35)50(41)42(31-53(45,55)5)34-10-13-37(14-11-34)56(7)24-25-63-39-21-23-52(4)36(28-39)29-47(58)51-44-19-18-43(32(2)9-20-49(60)61)54(44,6)48(59)30-46(51)52/h10-11,13-14,27,32-33,36,39,41-48,51,58-59,62H,9,12,15-21,23-26,28-31H2,1-7H3,(H,60,61)/t32-,33-,36+,39+,41+,42-,43-,44+,45+,46+,47-,48+,51+,52+,53+,54-,55-/m1/s1. The lowest BCUT2D eigenvalue weighted by atomic mass is 9.43. The fourth-order valence-electron chi connectivity index (χ4n) is 17.0. The number of anilines is 1. The Morgan fingerprint density at radius 3 is 2.46 bits per heavy atom. The highest BCUT2D eigenvalue weighted by Crippen LogP contribution is 2.70. The number of hydrogen-bond donors (Lipinski definition) is 4. The molecule has 6 saturated carbocycles. The monoisotopic (exact) mass is 864 g/mol. The molecule has 63 heavy (non-hydrogen) atoms. The molecule has 6 fully saturated rings. The number of ether oxygens (including phenoxy) is 1. The van der Waals surface area contributed by atoms with E-state index in [1.807, 2.05) is 13.0 Å². The van der Waals surface area contributed by atoms with Gasteiger partial charge in [-0.05, 0) is 189 Å². The number of aliphatic hydroxyl groups excluding tert-OH is 2. The van der Waals surface area contributed by atoms with E-state index in [4.69, 9.17) is 4.74 Å². The quantitative estimate of drug-likeness (QED) is 0.172. The number of fused-ring (bicyclic) bond motifs is 9. The molecular formula is C55H77NO7. The second-order valence-corrected chi connectivity index (χ2v) is 23.1. The van der Waals surface area contributed by atoms with Gasteiger partial charge in [-0.15, -0.1) is 5.92 Å². The predicted molar refractivity (Wildman–Crippen MR) is 247 cm³/mol. The molecule has 4 N–H and O–H groups in total. The minimum atomic E-state index is -1.03. The third kappa shape index (κ3) is 7.23. The third-order valence-corrected chi connectivity index (χ3v) is 20.5. The van der Waals surface area contributed by atoms with Crippen LogP contribution in [0.2, 0.25) is 0 Å². The molecule has 8 heteroatoms. The van der Waals surface area contributed by atoms with E-state index in [2.05, 4.69) is 82.7 Å². The van der Waals surface area contributed by atoms with E-state index in [0.29, 0.717) is 37.2 Å². The molecule has 0 spiro atoms. The van der Waals surface area contributed by atoms with Crippen LogP contribution in [0.15, 0.2) is 47.1 Å². The highest BCUT2D eigenvalue weighted by atomic mass is 16.5. The van der Waals surface area contributed by atoms with Gasteiger partial charge in [-0.2, -0.15) is 0 Å².